The predicted molar refractivity (Wildman–Crippen MR) is 82.1 cm³/mol. The summed E-state index contributed by atoms with van der Waals surface area (Å²) in [4.78, 5) is 14.0. The first-order valence-electron chi connectivity index (χ1n) is 7.00. The molecule has 0 saturated carbocycles. The van der Waals surface area contributed by atoms with Crippen molar-refractivity contribution < 1.29 is 9.18 Å². The number of amides is 1. The molecular formula is C17H17FN2O. The van der Waals surface area contributed by atoms with Gasteiger partial charge < -0.3 is 10.2 Å². The fraction of sp³-hybridized carbons (Fsp3) is 0.235. The number of halogens is 1. The molecule has 1 unspecified atom stereocenters. The summed E-state index contributed by atoms with van der Waals surface area (Å²) in [6.07, 6.45) is 0.442. The molecule has 1 heterocycles. The van der Waals surface area contributed by atoms with Gasteiger partial charge in [0.2, 0.25) is 5.91 Å². The van der Waals surface area contributed by atoms with E-state index >= 15 is 0 Å². The summed E-state index contributed by atoms with van der Waals surface area (Å²) < 4.78 is 12.9. The number of para-hydroxylation sites is 1. The molecule has 108 valence electrons. The highest BCUT2D eigenvalue weighted by atomic mass is 19.1. The fourth-order valence-corrected chi connectivity index (χ4v) is 2.70. The molecule has 1 aliphatic heterocycles. The Balaban J connectivity index is 1.71. The lowest BCUT2D eigenvalue weighted by atomic mass is 9.97. The highest BCUT2D eigenvalue weighted by Crippen LogP contribution is 2.33. The van der Waals surface area contributed by atoms with Gasteiger partial charge in [0.1, 0.15) is 5.82 Å². The molecule has 2 aromatic carbocycles. The number of hydrogen-bond donors (Lipinski definition) is 1. The molecule has 4 heteroatoms. The van der Waals surface area contributed by atoms with E-state index in [-0.39, 0.29) is 17.6 Å². The highest BCUT2D eigenvalue weighted by Gasteiger charge is 2.25. The van der Waals surface area contributed by atoms with Crippen LogP contribution in [0, 0.1) is 5.82 Å². The smallest absolute Gasteiger partial charge is 0.227 e. The zero-order valence-corrected chi connectivity index (χ0v) is 11.8. The third-order valence-corrected chi connectivity index (χ3v) is 3.95. The second-order valence-electron chi connectivity index (χ2n) is 5.30. The van der Waals surface area contributed by atoms with Crippen molar-refractivity contribution in [3.63, 3.8) is 0 Å². The SMILES string of the molecule is CN(C(=O)CC1CNc2ccccc21)c1ccc(F)cc1. The first-order valence-corrected chi connectivity index (χ1v) is 7.00. The number of hydrogen-bond acceptors (Lipinski definition) is 2. The quantitative estimate of drug-likeness (QED) is 0.937. The van der Waals surface area contributed by atoms with Crippen LogP contribution in [0.1, 0.15) is 17.9 Å². The van der Waals surface area contributed by atoms with Crippen LogP contribution in [0.3, 0.4) is 0 Å². The number of carbonyl (C=O) groups is 1. The maximum atomic E-state index is 12.9. The van der Waals surface area contributed by atoms with Crippen LogP contribution in [0.5, 0.6) is 0 Å². The molecule has 3 nitrogen and oxygen atoms in total. The largest absolute Gasteiger partial charge is 0.384 e. The minimum atomic E-state index is -0.298. The Hall–Kier alpha value is -2.36. The van der Waals surface area contributed by atoms with Gasteiger partial charge in [-0.2, -0.15) is 0 Å². The molecule has 0 saturated heterocycles. The second kappa shape index (κ2) is 5.56. The van der Waals surface area contributed by atoms with Gasteiger partial charge in [0, 0.05) is 37.3 Å². The van der Waals surface area contributed by atoms with E-state index in [0.717, 1.165) is 12.2 Å². The number of benzene rings is 2. The van der Waals surface area contributed by atoms with Crippen LogP contribution < -0.4 is 10.2 Å². The van der Waals surface area contributed by atoms with Gasteiger partial charge >= 0.3 is 0 Å². The monoisotopic (exact) mass is 284 g/mol. The Kier molecular flexibility index (Phi) is 3.60. The molecule has 0 aromatic heterocycles. The molecule has 0 aliphatic carbocycles. The lowest BCUT2D eigenvalue weighted by Gasteiger charge is -2.19. The summed E-state index contributed by atoms with van der Waals surface area (Å²) in [7, 11) is 1.73. The number of fused-ring (bicyclic) bond motifs is 1. The van der Waals surface area contributed by atoms with Crippen LogP contribution in [0.2, 0.25) is 0 Å². The van der Waals surface area contributed by atoms with Crippen LogP contribution >= 0.6 is 0 Å². The van der Waals surface area contributed by atoms with Crippen molar-refractivity contribution in [1.82, 2.24) is 0 Å². The van der Waals surface area contributed by atoms with Crippen molar-refractivity contribution in [3.8, 4) is 0 Å². The van der Waals surface area contributed by atoms with Gasteiger partial charge in [-0.3, -0.25) is 4.79 Å². The van der Waals surface area contributed by atoms with Crippen molar-refractivity contribution in [1.29, 1.82) is 0 Å². The predicted octanol–water partition coefficient (Wildman–Crippen LogP) is 3.39. The summed E-state index contributed by atoms with van der Waals surface area (Å²) in [6.45, 7) is 0.780. The molecule has 1 N–H and O–H groups in total. The van der Waals surface area contributed by atoms with Crippen LogP contribution in [0.25, 0.3) is 0 Å². The van der Waals surface area contributed by atoms with Crippen molar-refractivity contribution >= 4 is 17.3 Å². The van der Waals surface area contributed by atoms with Crippen molar-refractivity contribution in [3.05, 3.63) is 59.9 Å². The van der Waals surface area contributed by atoms with Gasteiger partial charge in [0.05, 0.1) is 0 Å². The molecule has 0 radical (unpaired) electrons. The molecular weight excluding hydrogens is 267 g/mol. The third-order valence-electron chi connectivity index (χ3n) is 3.95. The van der Waals surface area contributed by atoms with E-state index in [1.165, 1.54) is 17.7 Å². The van der Waals surface area contributed by atoms with Crippen molar-refractivity contribution in [2.75, 3.05) is 23.8 Å². The van der Waals surface area contributed by atoms with Gasteiger partial charge in [-0.25, -0.2) is 4.39 Å². The average Bonchev–Trinajstić information content (AvgIpc) is 2.91. The Bertz CT molecular complexity index is 654. The number of rotatable bonds is 3. The highest BCUT2D eigenvalue weighted by molar-refractivity contribution is 5.93. The molecule has 2 aromatic rings. The summed E-state index contributed by atoms with van der Waals surface area (Å²) in [5.74, 6) is -0.0739. The van der Waals surface area contributed by atoms with Crippen LogP contribution in [-0.2, 0) is 4.79 Å². The molecule has 1 atom stereocenters. The molecule has 3 rings (SSSR count). The molecule has 21 heavy (non-hydrogen) atoms. The zero-order chi connectivity index (χ0) is 14.8. The van der Waals surface area contributed by atoms with Crippen molar-refractivity contribution in [2.24, 2.45) is 0 Å². The second-order valence-corrected chi connectivity index (χ2v) is 5.30. The van der Waals surface area contributed by atoms with Gasteiger partial charge in [-0.1, -0.05) is 18.2 Å². The van der Waals surface area contributed by atoms with E-state index in [1.54, 1.807) is 24.1 Å². The Morgan fingerprint density at radius 1 is 1.24 bits per heavy atom. The maximum Gasteiger partial charge on any atom is 0.227 e. The van der Waals surface area contributed by atoms with E-state index < -0.39 is 0 Å². The maximum absolute atomic E-state index is 12.9. The summed E-state index contributed by atoms with van der Waals surface area (Å²) in [5.41, 5.74) is 3.01. The van der Waals surface area contributed by atoms with Gasteiger partial charge in [-0.15, -0.1) is 0 Å². The summed E-state index contributed by atoms with van der Waals surface area (Å²) >= 11 is 0. The minimum absolute atomic E-state index is 0.0325. The number of nitrogens with one attached hydrogen (secondary N) is 1. The van der Waals surface area contributed by atoms with Crippen LogP contribution in [0.15, 0.2) is 48.5 Å². The lowest BCUT2D eigenvalue weighted by Crippen LogP contribution is -2.28. The summed E-state index contributed by atoms with van der Waals surface area (Å²) in [5, 5.41) is 3.32. The van der Waals surface area contributed by atoms with Crippen LogP contribution in [-0.4, -0.2) is 19.5 Å². The van der Waals surface area contributed by atoms with E-state index in [2.05, 4.69) is 11.4 Å². The summed E-state index contributed by atoms with van der Waals surface area (Å²) in [6, 6.07) is 14.0. The number of nitrogens with zero attached hydrogens (tertiary/aromatic N) is 1. The third kappa shape index (κ3) is 2.75. The first-order chi connectivity index (χ1) is 10.1. The Labute approximate surface area is 123 Å². The number of anilines is 2. The molecule has 0 spiro atoms. The Morgan fingerprint density at radius 3 is 2.71 bits per heavy atom. The van der Waals surface area contributed by atoms with Gasteiger partial charge in [0.15, 0.2) is 0 Å². The average molecular weight is 284 g/mol. The zero-order valence-electron chi connectivity index (χ0n) is 11.8. The van der Waals surface area contributed by atoms with E-state index in [0.29, 0.717) is 12.1 Å². The normalized spacial score (nSPS) is 16.2. The van der Waals surface area contributed by atoms with E-state index in [9.17, 15) is 9.18 Å². The molecule has 1 aliphatic rings. The lowest BCUT2D eigenvalue weighted by molar-refractivity contribution is -0.118. The Morgan fingerprint density at radius 2 is 1.95 bits per heavy atom. The first kappa shape index (κ1) is 13.6. The fourth-order valence-electron chi connectivity index (χ4n) is 2.70. The minimum Gasteiger partial charge on any atom is -0.384 e. The van der Waals surface area contributed by atoms with Crippen molar-refractivity contribution in [2.45, 2.75) is 12.3 Å². The van der Waals surface area contributed by atoms with Gasteiger partial charge in [0.25, 0.3) is 0 Å². The van der Waals surface area contributed by atoms with E-state index in [4.69, 9.17) is 0 Å². The van der Waals surface area contributed by atoms with Crippen LogP contribution in [0.4, 0.5) is 15.8 Å². The van der Waals surface area contributed by atoms with E-state index in [1.807, 2.05) is 18.2 Å². The standard InChI is InChI=1S/C17H17FN2O/c1-20(14-8-6-13(18)7-9-14)17(21)10-12-11-19-16-5-3-2-4-15(12)16/h2-9,12,19H,10-11H2,1H3. The molecule has 0 fully saturated rings. The van der Waals surface area contributed by atoms with Gasteiger partial charge in [-0.05, 0) is 35.9 Å². The molecule has 0 bridgehead atoms. The number of carbonyl (C=O) groups excluding carboxylic acids is 1. The molecule has 1 amide bonds. The topological polar surface area (TPSA) is 32.3 Å².